The zero-order valence-electron chi connectivity index (χ0n) is 15.4. The lowest BCUT2D eigenvalue weighted by Gasteiger charge is -2.14. The van der Waals surface area contributed by atoms with Crippen molar-refractivity contribution in [1.82, 2.24) is 5.32 Å². The first kappa shape index (κ1) is 19.0. The van der Waals surface area contributed by atoms with Crippen LogP contribution >= 0.6 is 0 Å². The van der Waals surface area contributed by atoms with E-state index in [2.05, 4.69) is 22.5 Å². The smallest absolute Gasteiger partial charge is 0.258 e. The number of nitrogens with zero attached hydrogens (tertiary/aromatic N) is 1. The van der Waals surface area contributed by atoms with Crippen molar-refractivity contribution < 1.29 is 13.9 Å². The monoisotopic (exact) mass is 369 g/mol. The standard InChI is InChI=1S/C21H24FN3O2/c1-2-15-8-10-18(11-9-15)24-21(23-14-19-7-4-12-27-19)25-20(26)16-5-3-6-17(22)13-16/h3,5-6,8-11,13,19H,2,4,7,12,14H2,1H3,(H2,23,24,25,26). The van der Waals surface area contributed by atoms with Crippen molar-refractivity contribution in [3.63, 3.8) is 0 Å². The van der Waals surface area contributed by atoms with Crippen molar-refractivity contribution in [3.05, 3.63) is 65.5 Å². The summed E-state index contributed by atoms with van der Waals surface area (Å²) in [5.74, 6) is -0.550. The van der Waals surface area contributed by atoms with Crippen LogP contribution in [0.1, 0.15) is 35.7 Å². The number of ether oxygens (including phenoxy) is 1. The zero-order chi connectivity index (χ0) is 19.1. The molecule has 6 heteroatoms. The van der Waals surface area contributed by atoms with Gasteiger partial charge < -0.3 is 10.1 Å². The lowest BCUT2D eigenvalue weighted by atomic mass is 10.1. The predicted molar refractivity (Wildman–Crippen MR) is 105 cm³/mol. The normalized spacial score (nSPS) is 17.0. The number of anilines is 1. The molecule has 27 heavy (non-hydrogen) atoms. The lowest BCUT2D eigenvalue weighted by molar-refractivity contribution is 0.0975. The number of guanidine groups is 1. The van der Waals surface area contributed by atoms with Crippen LogP contribution in [0.15, 0.2) is 53.5 Å². The Morgan fingerprint density at radius 3 is 2.74 bits per heavy atom. The predicted octanol–water partition coefficient (Wildman–Crippen LogP) is 3.77. The molecule has 1 amide bonds. The Morgan fingerprint density at radius 1 is 1.26 bits per heavy atom. The Labute approximate surface area is 158 Å². The average molecular weight is 369 g/mol. The zero-order valence-corrected chi connectivity index (χ0v) is 15.4. The fraction of sp³-hybridized carbons (Fsp3) is 0.333. The summed E-state index contributed by atoms with van der Waals surface area (Å²) in [5, 5.41) is 5.88. The molecular formula is C21H24FN3O2. The van der Waals surface area contributed by atoms with Gasteiger partial charge >= 0.3 is 0 Å². The maximum Gasteiger partial charge on any atom is 0.258 e. The van der Waals surface area contributed by atoms with Crippen LogP contribution in [0.2, 0.25) is 0 Å². The second kappa shape index (κ2) is 9.28. The number of aliphatic imine (C=N–C) groups is 1. The van der Waals surface area contributed by atoms with E-state index in [0.29, 0.717) is 12.5 Å². The van der Waals surface area contributed by atoms with Gasteiger partial charge in [-0.3, -0.25) is 10.1 Å². The minimum atomic E-state index is -0.455. The second-order valence-corrected chi connectivity index (χ2v) is 6.46. The van der Waals surface area contributed by atoms with Crippen molar-refractivity contribution in [1.29, 1.82) is 0 Å². The third-order valence-corrected chi connectivity index (χ3v) is 4.42. The summed E-state index contributed by atoms with van der Waals surface area (Å²) in [7, 11) is 0. The Bertz CT molecular complexity index is 799. The van der Waals surface area contributed by atoms with Crippen LogP contribution in [0.25, 0.3) is 0 Å². The SMILES string of the molecule is CCc1ccc(NC(=NCC2CCCO2)NC(=O)c2cccc(F)c2)cc1. The summed E-state index contributed by atoms with van der Waals surface area (Å²) in [6.07, 6.45) is 3.00. The summed E-state index contributed by atoms with van der Waals surface area (Å²) in [4.78, 5) is 17.0. The third kappa shape index (κ3) is 5.62. The number of carbonyl (C=O) groups excluding carboxylic acids is 1. The molecule has 1 heterocycles. The van der Waals surface area contributed by atoms with Gasteiger partial charge in [-0.25, -0.2) is 9.38 Å². The van der Waals surface area contributed by atoms with Crippen molar-refractivity contribution in [2.75, 3.05) is 18.5 Å². The van der Waals surface area contributed by atoms with Crippen LogP contribution in [0.3, 0.4) is 0 Å². The molecule has 0 radical (unpaired) electrons. The lowest BCUT2D eigenvalue weighted by Crippen LogP contribution is -2.36. The van der Waals surface area contributed by atoms with Gasteiger partial charge in [0, 0.05) is 17.9 Å². The highest BCUT2D eigenvalue weighted by atomic mass is 19.1. The molecule has 2 N–H and O–H groups in total. The quantitative estimate of drug-likeness (QED) is 0.623. The molecule has 0 spiro atoms. The maximum atomic E-state index is 13.4. The fourth-order valence-electron chi connectivity index (χ4n) is 2.86. The number of carbonyl (C=O) groups is 1. The summed E-state index contributed by atoms with van der Waals surface area (Å²) < 4.78 is 19.0. The molecule has 1 saturated heterocycles. The Hall–Kier alpha value is -2.73. The van der Waals surface area contributed by atoms with Gasteiger partial charge in [0.2, 0.25) is 5.96 Å². The van der Waals surface area contributed by atoms with Crippen molar-refractivity contribution in [3.8, 4) is 0 Å². The van der Waals surface area contributed by atoms with E-state index in [9.17, 15) is 9.18 Å². The molecule has 0 saturated carbocycles. The van der Waals surface area contributed by atoms with Gasteiger partial charge in [-0.1, -0.05) is 25.1 Å². The minimum Gasteiger partial charge on any atom is -0.376 e. The first-order valence-corrected chi connectivity index (χ1v) is 9.23. The van der Waals surface area contributed by atoms with Gasteiger partial charge in [0.25, 0.3) is 5.91 Å². The molecular weight excluding hydrogens is 345 g/mol. The molecule has 0 aromatic heterocycles. The van der Waals surface area contributed by atoms with Crippen LogP contribution in [0, 0.1) is 5.82 Å². The summed E-state index contributed by atoms with van der Waals surface area (Å²) in [6.45, 7) is 3.30. The molecule has 142 valence electrons. The highest BCUT2D eigenvalue weighted by molar-refractivity contribution is 6.09. The van der Waals surface area contributed by atoms with Crippen LogP contribution in [0.5, 0.6) is 0 Å². The number of benzene rings is 2. The molecule has 2 aromatic carbocycles. The number of nitrogens with one attached hydrogen (secondary N) is 2. The van der Waals surface area contributed by atoms with Gasteiger partial charge in [0.05, 0.1) is 12.6 Å². The number of rotatable bonds is 5. The van der Waals surface area contributed by atoms with Crippen molar-refractivity contribution in [2.24, 2.45) is 4.99 Å². The van der Waals surface area contributed by atoms with E-state index in [-0.39, 0.29) is 11.7 Å². The Balaban J connectivity index is 1.73. The van der Waals surface area contributed by atoms with E-state index < -0.39 is 11.7 Å². The Kier molecular flexibility index (Phi) is 6.54. The largest absolute Gasteiger partial charge is 0.376 e. The first-order chi connectivity index (χ1) is 13.1. The third-order valence-electron chi connectivity index (χ3n) is 4.42. The van der Waals surface area contributed by atoms with Gasteiger partial charge in [-0.05, 0) is 55.2 Å². The molecule has 1 aliphatic heterocycles. The molecule has 1 unspecified atom stereocenters. The summed E-state index contributed by atoms with van der Waals surface area (Å²) in [5.41, 5.74) is 2.28. The van der Waals surface area contributed by atoms with E-state index in [0.717, 1.165) is 31.6 Å². The topological polar surface area (TPSA) is 62.7 Å². The van der Waals surface area contributed by atoms with Crippen molar-refractivity contribution >= 4 is 17.6 Å². The molecule has 0 bridgehead atoms. The molecule has 1 aliphatic rings. The number of hydrogen-bond acceptors (Lipinski definition) is 3. The van der Waals surface area contributed by atoms with E-state index in [1.54, 1.807) is 6.07 Å². The summed E-state index contributed by atoms with van der Waals surface area (Å²) in [6, 6.07) is 13.5. The van der Waals surface area contributed by atoms with Gasteiger partial charge in [-0.15, -0.1) is 0 Å². The molecule has 0 aliphatic carbocycles. The van der Waals surface area contributed by atoms with E-state index in [1.807, 2.05) is 24.3 Å². The highest BCUT2D eigenvalue weighted by Gasteiger charge is 2.16. The van der Waals surface area contributed by atoms with E-state index >= 15 is 0 Å². The van der Waals surface area contributed by atoms with Crippen LogP contribution in [0.4, 0.5) is 10.1 Å². The molecule has 1 atom stereocenters. The summed E-state index contributed by atoms with van der Waals surface area (Å²) >= 11 is 0. The number of aryl methyl sites for hydroxylation is 1. The van der Waals surface area contributed by atoms with Crippen LogP contribution in [-0.2, 0) is 11.2 Å². The van der Waals surface area contributed by atoms with Crippen molar-refractivity contribution in [2.45, 2.75) is 32.3 Å². The molecule has 3 rings (SSSR count). The Morgan fingerprint density at radius 2 is 2.07 bits per heavy atom. The minimum absolute atomic E-state index is 0.0651. The van der Waals surface area contributed by atoms with Gasteiger partial charge in [0.1, 0.15) is 5.82 Å². The molecule has 1 fully saturated rings. The first-order valence-electron chi connectivity index (χ1n) is 9.23. The maximum absolute atomic E-state index is 13.4. The van der Waals surface area contributed by atoms with E-state index in [4.69, 9.17) is 4.74 Å². The second-order valence-electron chi connectivity index (χ2n) is 6.46. The number of halogens is 1. The molecule has 2 aromatic rings. The highest BCUT2D eigenvalue weighted by Crippen LogP contribution is 2.13. The van der Waals surface area contributed by atoms with Crippen LogP contribution < -0.4 is 10.6 Å². The fourth-order valence-corrected chi connectivity index (χ4v) is 2.86. The van der Waals surface area contributed by atoms with Crippen LogP contribution in [-0.4, -0.2) is 31.1 Å². The van der Waals surface area contributed by atoms with Gasteiger partial charge in [-0.2, -0.15) is 0 Å². The molecule has 5 nitrogen and oxygen atoms in total. The van der Waals surface area contributed by atoms with Gasteiger partial charge in [0.15, 0.2) is 0 Å². The number of amides is 1. The average Bonchev–Trinajstić information content (AvgIpc) is 3.20. The van der Waals surface area contributed by atoms with E-state index in [1.165, 1.54) is 23.8 Å². The number of hydrogen-bond donors (Lipinski definition) is 2.